The number of halogens is 3. The highest BCUT2D eigenvalue weighted by Crippen LogP contribution is 2.35. The fraction of sp³-hybridized carbons (Fsp3) is 0.286. The number of hydrogen-bond donors (Lipinski definition) is 0. The molecule has 0 saturated carbocycles. The van der Waals surface area contributed by atoms with E-state index in [2.05, 4.69) is 25.9 Å². The number of ether oxygens (including phenoxy) is 1. The van der Waals surface area contributed by atoms with E-state index in [1.807, 2.05) is 38.1 Å². The maximum atomic E-state index is 6.27. The van der Waals surface area contributed by atoms with Crippen molar-refractivity contribution in [2.45, 2.75) is 19.4 Å². The van der Waals surface area contributed by atoms with E-state index in [-0.39, 0.29) is 0 Å². The molecule has 1 aromatic heterocycles. The SMILES string of the molecule is COC(C)(C)c1nc(Cl)c(-c2ccc(Br)cc2)c(Cl)n1. The van der Waals surface area contributed by atoms with Crippen molar-refractivity contribution < 1.29 is 4.74 Å². The molecule has 0 saturated heterocycles. The molecule has 20 heavy (non-hydrogen) atoms. The first-order valence-electron chi connectivity index (χ1n) is 5.90. The van der Waals surface area contributed by atoms with Crippen LogP contribution in [-0.2, 0) is 10.3 Å². The zero-order chi connectivity index (χ0) is 14.9. The molecule has 2 aromatic rings. The Morgan fingerprint density at radius 2 is 1.55 bits per heavy atom. The molecule has 6 heteroatoms. The zero-order valence-electron chi connectivity index (χ0n) is 11.2. The molecular weight excluding hydrogens is 363 g/mol. The van der Waals surface area contributed by atoms with Gasteiger partial charge in [0.2, 0.25) is 0 Å². The fourth-order valence-corrected chi connectivity index (χ4v) is 2.49. The molecule has 0 spiro atoms. The van der Waals surface area contributed by atoms with Crippen LogP contribution in [0.25, 0.3) is 11.1 Å². The van der Waals surface area contributed by atoms with Crippen molar-refractivity contribution >= 4 is 39.1 Å². The van der Waals surface area contributed by atoms with Crippen molar-refractivity contribution in [2.24, 2.45) is 0 Å². The summed E-state index contributed by atoms with van der Waals surface area (Å²) in [6.45, 7) is 3.71. The molecule has 106 valence electrons. The van der Waals surface area contributed by atoms with Gasteiger partial charge in [-0.1, -0.05) is 51.3 Å². The quantitative estimate of drug-likeness (QED) is 0.700. The minimum atomic E-state index is -0.647. The Bertz CT molecular complexity index is 607. The first-order chi connectivity index (χ1) is 9.35. The Morgan fingerprint density at radius 1 is 1.05 bits per heavy atom. The summed E-state index contributed by atoms with van der Waals surface area (Å²) in [6, 6.07) is 7.63. The van der Waals surface area contributed by atoms with Crippen molar-refractivity contribution in [1.29, 1.82) is 0 Å². The van der Waals surface area contributed by atoms with Crippen molar-refractivity contribution in [2.75, 3.05) is 7.11 Å². The molecule has 0 aliphatic carbocycles. The number of methoxy groups -OCH3 is 1. The predicted molar refractivity (Wildman–Crippen MR) is 85.2 cm³/mol. The van der Waals surface area contributed by atoms with E-state index < -0.39 is 5.60 Å². The third-order valence-corrected chi connectivity index (χ3v) is 4.08. The van der Waals surface area contributed by atoms with Gasteiger partial charge >= 0.3 is 0 Å². The average Bonchev–Trinajstić information content (AvgIpc) is 2.40. The zero-order valence-corrected chi connectivity index (χ0v) is 14.3. The van der Waals surface area contributed by atoms with Crippen LogP contribution in [-0.4, -0.2) is 17.1 Å². The van der Waals surface area contributed by atoms with E-state index in [1.165, 1.54) is 0 Å². The highest BCUT2D eigenvalue weighted by molar-refractivity contribution is 9.10. The smallest absolute Gasteiger partial charge is 0.163 e. The fourth-order valence-electron chi connectivity index (χ4n) is 1.62. The van der Waals surface area contributed by atoms with Gasteiger partial charge in [0.05, 0.1) is 5.56 Å². The van der Waals surface area contributed by atoms with Gasteiger partial charge in [-0.25, -0.2) is 9.97 Å². The molecule has 0 amide bonds. The summed E-state index contributed by atoms with van der Waals surface area (Å²) in [7, 11) is 1.59. The lowest BCUT2D eigenvalue weighted by atomic mass is 10.1. The molecule has 0 aliphatic heterocycles. The Hall–Kier alpha value is -0.680. The van der Waals surface area contributed by atoms with Crippen LogP contribution in [0.2, 0.25) is 10.3 Å². The molecule has 0 unspecified atom stereocenters. The highest BCUT2D eigenvalue weighted by Gasteiger charge is 2.26. The second-order valence-electron chi connectivity index (χ2n) is 4.73. The first-order valence-corrected chi connectivity index (χ1v) is 7.44. The molecule has 1 aromatic carbocycles. The van der Waals surface area contributed by atoms with Gasteiger partial charge in [0.25, 0.3) is 0 Å². The van der Waals surface area contributed by atoms with Gasteiger partial charge in [0.1, 0.15) is 15.9 Å². The van der Waals surface area contributed by atoms with Gasteiger partial charge in [-0.2, -0.15) is 0 Å². The number of rotatable bonds is 3. The van der Waals surface area contributed by atoms with Crippen LogP contribution in [0, 0.1) is 0 Å². The average molecular weight is 376 g/mol. The topological polar surface area (TPSA) is 35.0 Å². The minimum absolute atomic E-state index is 0.312. The molecule has 0 atom stereocenters. The maximum Gasteiger partial charge on any atom is 0.163 e. The summed E-state index contributed by atoms with van der Waals surface area (Å²) in [4.78, 5) is 8.62. The van der Waals surface area contributed by atoms with E-state index in [0.717, 1.165) is 10.0 Å². The van der Waals surface area contributed by atoms with E-state index in [0.29, 0.717) is 21.7 Å². The number of benzene rings is 1. The van der Waals surface area contributed by atoms with E-state index >= 15 is 0 Å². The molecule has 0 radical (unpaired) electrons. The van der Waals surface area contributed by atoms with Gasteiger partial charge in [-0.15, -0.1) is 0 Å². The van der Waals surface area contributed by atoms with Crippen LogP contribution < -0.4 is 0 Å². The van der Waals surface area contributed by atoms with E-state index in [1.54, 1.807) is 7.11 Å². The summed E-state index contributed by atoms with van der Waals surface area (Å²) < 4.78 is 6.32. The maximum absolute atomic E-state index is 6.27. The molecule has 1 heterocycles. The van der Waals surface area contributed by atoms with E-state index in [9.17, 15) is 0 Å². The van der Waals surface area contributed by atoms with Crippen molar-refractivity contribution in [3.63, 3.8) is 0 Å². The Morgan fingerprint density at radius 3 is 2.00 bits per heavy atom. The molecule has 0 bridgehead atoms. The van der Waals surface area contributed by atoms with E-state index in [4.69, 9.17) is 27.9 Å². The third kappa shape index (κ3) is 3.14. The summed E-state index contributed by atoms with van der Waals surface area (Å²) in [5.41, 5.74) is 0.840. The highest BCUT2D eigenvalue weighted by atomic mass is 79.9. The van der Waals surface area contributed by atoms with Crippen molar-refractivity contribution in [3.8, 4) is 11.1 Å². The summed E-state index contributed by atoms with van der Waals surface area (Å²) in [5.74, 6) is 0.455. The van der Waals surface area contributed by atoms with Crippen LogP contribution in [0.5, 0.6) is 0 Å². The first kappa shape index (κ1) is 15.7. The number of aromatic nitrogens is 2. The Kier molecular flexibility index (Phi) is 4.69. The molecule has 0 N–H and O–H groups in total. The Balaban J connectivity index is 2.55. The normalized spacial score (nSPS) is 11.7. The molecule has 0 fully saturated rings. The lowest BCUT2D eigenvalue weighted by Gasteiger charge is -2.22. The Labute approximate surface area is 136 Å². The number of nitrogens with zero attached hydrogens (tertiary/aromatic N) is 2. The van der Waals surface area contributed by atoms with Crippen LogP contribution in [0.1, 0.15) is 19.7 Å². The van der Waals surface area contributed by atoms with Gasteiger partial charge < -0.3 is 4.74 Å². The summed E-state index contributed by atoms with van der Waals surface area (Å²) >= 11 is 15.9. The van der Waals surface area contributed by atoms with Crippen molar-refractivity contribution in [1.82, 2.24) is 9.97 Å². The number of hydrogen-bond acceptors (Lipinski definition) is 3. The third-order valence-electron chi connectivity index (χ3n) is 3.00. The van der Waals surface area contributed by atoms with Crippen LogP contribution in [0.15, 0.2) is 28.7 Å². The standard InChI is InChI=1S/C14H13BrCl2N2O/c1-14(2,20-3)13-18-11(16)10(12(17)19-13)8-4-6-9(15)7-5-8/h4-7H,1-3H3. The van der Waals surface area contributed by atoms with Gasteiger partial charge in [-0.05, 0) is 31.5 Å². The monoisotopic (exact) mass is 374 g/mol. The molecule has 2 rings (SSSR count). The summed E-state index contributed by atoms with van der Waals surface area (Å²) in [5, 5.41) is 0.625. The molecule has 0 aliphatic rings. The van der Waals surface area contributed by atoms with Gasteiger partial charge in [-0.3, -0.25) is 0 Å². The largest absolute Gasteiger partial charge is 0.371 e. The van der Waals surface area contributed by atoms with Crippen LogP contribution in [0.4, 0.5) is 0 Å². The lowest BCUT2D eigenvalue weighted by Crippen LogP contribution is -2.23. The summed E-state index contributed by atoms with van der Waals surface area (Å²) in [6.07, 6.45) is 0. The second-order valence-corrected chi connectivity index (χ2v) is 6.36. The molecule has 3 nitrogen and oxygen atoms in total. The van der Waals surface area contributed by atoms with Crippen LogP contribution >= 0.6 is 39.1 Å². The van der Waals surface area contributed by atoms with Crippen LogP contribution in [0.3, 0.4) is 0 Å². The van der Waals surface area contributed by atoms with Gasteiger partial charge in [0, 0.05) is 11.6 Å². The second kappa shape index (κ2) is 5.98. The van der Waals surface area contributed by atoms with Gasteiger partial charge in [0.15, 0.2) is 5.82 Å². The lowest BCUT2D eigenvalue weighted by molar-refractivity contribution is 0.0115. The molecular formula is C14H13BrCl2N2O. The minimum Gasteiger partial charge on any atom is -0.371 e. The van der Waals surface area contributed by atoms with Crippen molar-refractivity contribution in [3.05, 3.63) is 44.9 Å². The predicted octanol–water partition coefficient (Wildman–Crippen LogP) is 5.09.